The van der Waals surface area contributed by atoms with Gasteiger partial charge in [0.1, 0.15) is 0 Å². The van der Waals surface area contributed by atoms with Crippen LogP contribution in [0.3, 0.4) is 0 Å². The second-order valence-corrected chi connectivity index (χ2v) is 1.57. The molecule has 1 atom stereocenters. The summed E-state index contributed by atoms with van der Waals surface area (Å²) in [5.41, 5.74) is 0. The van der Waals surface area contributed by atoms with Crippen LogP contribution < -0.4 is 0 Å². The van der Waals surface area contributed by atoms with Crippen LogP contribution in [0.2, 0.25) is 0 Å². The summed E-state index contributed by atoms with van der Waals surface area (Å²) in [5, 5.41) is -0.227. The van der Waals surface area contributed by atoms with E-state index in [4.69, 9.17) is 0 Å². The van der Waals surface area contributed by atoms with E-state index >= 15 is 0 Å². The lowest BCUT2D eigenvalue weighted by molar-refractivity contribution is 0.555. The highest BCUT2D eigenvalue weighted by molar-refractivity contribution is 7.81. The SMILES string of the molecule is CC(S)[C]=O. The molecule has 0 aromatic rings. The van der Waals surface area contributed by atoms with E-state index in [0.717, 1.165) is 0 Å². The quantitative estimate of drug-likeness (QED) is 0.460. The molecule has 0 spiro atoms. The molecule has 0 N–H and O–H groups in total. The molecule has 0 aliphatic carbocycles. The highest BCUT2D eigenvalue weighted by Crippen LogP contribution is 1.81. The second kappa shape index (κ2) is 2.27. The van der Waals surface area contributed by atoms with Crippen LogP contribution in [0.25, 0.3) is 0 Å². The Hall–Kier alpha value is 0.0200. The number of thiol groups is 1. The lowest BCUT2D eigenvalue weighted by Gasteiger charge is -1.76. The lowest BCUT2D eigenvalue weighted by Crippen LogP contribution is -1.87. The molecule has 1 unspecified atom stereocenters. The highest BCUT2D eigenvalue weighted by Gasteiger charge is 1.83. The molecule has 0 saturated carbocycles. The molecular weight excluding hydrogens is 84.1 g/mol. The van der Waals surface area contributed by atoms with Gasteiger partial charge in [-0.2, -0.15) is 12.6 Å². The molecule has 2 heteroatoms. The van der Waals surface area contributed by atoms with Crippen LogP contribution in [0, 0.1) is 0 Å². The normalized spacial score (nSPS) is 14.0. The van der Waals surface area contributed by atoms with E-state index < -0.39 is 0 Å². The monoisotopic (exact) mass is 89.0 g/mol. The summed E-state index contributed by atoms with van der Waals surface area (Å²) in [6.45, 7) is 1.66. The van der Waals surface area contributed by atoms with Crippen molar-refractivity contribution < 1.29 is 4.79 Å². The minimum absolute atomic E-state index is 0.227. The van der Waals surface area contributed by atoms with Gasteiger partial charge in [0, 0.05) is 0 Å². The van der Waals surface area contributed by atoms with Gasteiger partial charge in [-0.05, 0) is 6.92 Å². The van der Waals surface area contributed by atoms with E-state index in [0.29, 0.717) is 0 Å². The third kappa shape index (κ3) is 4.02. The Balaban J connectivity index is 2.83. The second-order valence-electron chi connectivity index (χ2n) is 0.794. The van der Waals surface area contributed by atoms with Crippen LogP contribution in [0.5, 0.6) is 0 Å². The molecule has 0 amide bonds. The Bertz CT molecular complexity index is 33.9. The van der Waals surface area contributed by atoms with Crippen molar-refractivity contribution in [3.8, 4) is 0 Å². The van der Waals surface area contributed by atoms with Crippen molar-refractivity contribution in [2.75, 3.05) is 0 Å². The fraction of sp³-hybridized carbons (Fsp3) is 0.667. The van der Waals surface area contributed by atoms with Gasteiger partial charge < -0.3 is 0 Å². The van der Waals surface area contributed by atoms with Crippen molar-refractivity contribution in [2.45, 2.75) is 12.2 Å². The molecule has 1 radical (unpaired) electrons. The molecule has 0 rings (SSSR count). The van der Waals surface area contributed by atoms with E-state index in [2.05, 4.69) is 12.6 Å². The zero-order valence-corrected chi connectivity index (χ0v) is 3.83. The molecule has 0 aliphatic rings. The van der Waals surface area contributed by atoms with Crippen LogP contribution in [-0.4, -0.2) is 11.5 Å². The molecule has 29 valence electrons. The summed E-state index contributed by atoms with van der Waals surface area (Å²) >= 11 is 3.67. The van der Waals surface area contributed by atoms with Gasteiger partial charge in [0.25, 0.3) is 0 Å². The van der Waals surface area contributed by atoms with E-state index in [-0.39, 0.29) is 5.25 Å². The summed E-state index contributed by atoms with van der Waals surface area (Å²) in [6.07, 6.45) is 1.64. The average Bonchev–Trinajstić information content (AvgIpc) is 1.38. The van der Waals surface area contributed by atoms with Gasteiger partial charge in [-0.3, -0.25) is 4.79 Å². The van der Waals surface area contributed by atoms with Crippen LogP contribution in [0.15, 0.2) is 0 Å². The summed E-state index contributed by atoms with van der Waals surface area (Å²) in [7, 11) is 0. The molecule has 0 aromatic heterocycles. The Morgan fingerprint density at radius 2 is 2.20 bits per heavy atom. The highest BCUT2D eigenvalue weighted by atomic mass is 32.1. The number of hydrogen-bond acceptors (Lipinski definition) is 2. The third-order valence-electron chi connectivity index (χ3n) is 0.171. The predicted molar refractivity (Wildman–Crippen MR) is 24.1 cm³/mol. The maximum atomic E-state index is 9.30. The standard InChI is InChI=1S/C3H5OS/c1-3(5)2-4/h3,5H,1H3. The Morgan fingerprint density at radius 3 is 2.20 bits per heavy atom. The number of rotatable bonds is 1. The van der Waals surface area contributed by atoms with E-state index in [1.54, 1.807) is 13.2 Å². The number of carbonyl (C=O) groups excluding carboxylic acids is 1. The van der Waals surface area contributed by atoms with E-state index in [1.807, 2.05) is 0 Å². The third-order valence-corrected chi connectivity index (χ3v) is 0.276. The van der Waals surface area contributed by atoms with E-state index in [1.165, 1.54) is 0 Å². The predicted octanol–water partition coefficient (Wildman–Crippen LogP) is 0.414. The van der Waals surface area contributed by atoms with Crippen LogP contribution >= 0.6 is 12.6 Å². The van der Waals surface area contributed by atoms with Crippen LogP contribution in [0.1, 0.15) is 6.92 Å². The maximum Gasteiger partial charge on any atom is 0.211 e. The molecular formula is C3H5OS. The van der Waals surface area contributed by atoms with Gasteiger partial charge in [-0.1, -0.05) is 0 Å². The first-order valence-corrected chi connectivity index (χ1v) is 1.84. The van der Waals surface area contributed by atoms with Crippen molar-refractivity contribution in [2.24, 2.45) is 0 Å². The summed E-state index contributed by atoms with van der Waals surface area (Å²) < 4.78 is 0. The summed E-state index contributed by atoms with van der Waals surface area (Å²) in [4.78, 5) is 9.30. The minimum Gasteiger partial charge on any atom is -0.290 e. The van der Waals surface area contributed by atoms with Crippen molar-refractivity contribution >= 4 is 18.9 Å². The molecule has 0 aliphatic heterocycles. The topological polar surface area (TPSA) is 17.1 Å². The largest absolute Gasteiger partial charge is 0.290 e. The summed E-state index contributed by atoms with van der Waals surface area (Å²) in [5.74, 6) is 0. The molecule has 5 heavy (non-hydrogen) atoms. The Morgan fingerprint density at radius 1 is 2.00 bits per heavy atom. The molecule has 0 saturated heterocycles. The Kier molecular flexibility index (Phi) is 2.28. The van der Waals surface area contributed by atoms with Gasteiger partial charge in [0.2, 0.25) is 6.29 Å². The van der Waals surface area contributed by atoms with Crippen LogP contribution in [-0.2, 0) is 4.79 Å². The molecule has 0 aromatic carbocycles. The zero-order valence-electron chi connectivity index (χ0n) is 2.93. The van der Waals surface area contributed by atoms with Gasteiger partial charge in [-0.15, -0.1) is 0 Å². The van der Waals surface area contributed by atoms with Crippen molar-refractivity contribution in [1.29, 1.82) is 0 Å². The van der Waals surface area contributed by atoms with Gasteiger partial charge >= 0.3 is 0 Å². The van der Waals surface area contributed by atoms with Crippen molar-refractivity contribution in [1.82, 2.24) is 0 Å². The smallest absolute Gasteiger partial charge is 0.211 e. The Labute approximate surface area is 36.8 Å². The zero-order chi connectivity index (χ0) is 4.28. The fourth-order valence-corrected chi connectivity index (χ4v) is 0. The molecule has 1 nitrogen and oxygen atoms in total. The molecule has 0 fully saturated rings. The average molecular weight is 89.1 g/mol. The first-order chi connectivity index (χ1) is 2.27. The van der Waals surface area contributed by atoms with Gasteiger partial charge in [0.05, 0.1) is 5.25 Å². The van der Waals surface area contributed by atoms with Gasteiger partial charge in [-0.25, -0.2) is 0 Å². The van der Waals surface area contributed by atoms with E-state index in [9.17, 15) is 4.79 Å². The molecule has 0 bridgehead atoms. The summed E-state index contributed by atoms with van der Waals surface area (Å²) in [6, 6.07) is 0. The van der Waals surface area contributed by atoms with Gasteiger partial charge in [0.15, 0.2) is 0 Å². The van der Waals surface area contributed by atoms with Crippen molar-refractivity contribution in [3.63, 3.8) is 0 Å². The van der Waals surface area contributed by atoms with Crippen molar-refractivity contribution in [3.05, 3.63) is 0 Å². The first-order valence-electron chi connectivity index (χ1n) is 1.33. The van der Waals surface area contributed by atoms with Crippen LogP contribution in [0.4, 0.5) is 0 Å². The molecule has 0 heterocycles. The fourth-order valence-electron chi connectivity index (χ4n) is 0. The maximum absolute atomic E-state index is 9.30. The first kappa shape index (κ1) is 5.02. The lowest BCUT2D eigenvalue weighted by atomic mass is 10.6. The minimum atomic E-state index is -0.227. The number of hydrogen-bond donors (Lipinski definition) is 1.